The molecule has 0 amide bonds. The molecule has 2 unspecified atom stereocenters. The predicted molar refractivity (Wildman–Crippen MR) is 43.5 cm³/mol. The average Bonchev–Trinajstić information content (AvgIpc) is 2.49. The molecule has 56 valence electrons. The molecule has 0 heteroatoms. The molecule has 1 rings (SSSR count). The van der Waals surface area contributed by atoms with Gasteiger partial charge in [0.15, 0.2) is 0 Å². The summed E-state index contributed by atoms with van der Waals surface area (Å²) in [5.74, 6) is 2.17. The lowest BCUT2D eigenvalue weighted by molar-refractivity contribution is 0.724. The Balaban J connectivity index is 0.000000187. The lowest BCUT2D eigenvalue weighted by Gasteiger charge is -1.79. The Morgan fingerprint density at radius 3 is 1.56 bits per heavy atom. The summed E-state index contributed by atoms with van der Waals surface area (Å²) in [5.41, 5.74) is 0. The van der Waals surface area contributed by atoms with Gasteiger partial charge in [-0.1, -0.05) is 40.5 Å². The van der Waals surface area contributed by atoms with Crippen LogP contribution in [0.2, 0.25) is 0 Å². The van der Waals surface area contributed by atoms with Crippen molar-refractivity contribution in [1.82, 2.24) is 0 Å². The maximum absolute atomic E-state index is 2.33. The van der Waals surface area contributed by atoms with Crippen molar-refractivity contribution in [2.24, 2.45) is 11.8 Å². The van der Waals surface area contributed by atoms with Gasteiger partial charge in [-0.05, 0) is 18.3 Å². The molecule has 0 saturated heterocycles. The first kappa shape index (κ1) is 9.00. The monoisotopic (exact) mass is 128 g/mol. The van der Waals surface area contributed by atoms with Gasteiger partial charge in [0.1, 0.15) is 0 Å². The minimum atomic E-state index is 1.06. The van der Waals surface area contributed by atoms with E-state index < -0.39 is 0 Å². The largest absolute Gasteiger partial charge is 0.0656 e. The van der Waals surface area contributed by atoms with Gasteiger partial charge in [-0.3, -0.25) is 0 Å². The fourth-order valence-corrected chi connectivity index (χ4v) is 0.968. The highest BCUT2D eigenvalue weighted by atomic mass is 14.3. The molecule has 0 aliphatic heterocycles. The first-order valence-electron chi connectivity index (χ1n) is 4.26. The van der Waals surface area contributed by atoms with Crippen molar-refractivity contribution in [2.45, 2.75) is 47.0 Å². The highest BCUT2D eigenvalue weighted by Crippen LogP contribution is 2.39. The molecule has 0 aromatic heterocycles. The second kappa shape index (κ2) is 4.84. The van der Waals surface area contributed by atoms with E-state index in [0.29, 0.717) is 0 Å². The van der Waals surface area contributed by atoms with Gasteiger partial charge in [-0.15, -0.1) is 0 Å². The molecule has 0 heterocycles. The zero-order valence-corrected chi connectivity index (χ0v) is 7.28. The number of rotatable bonds is 1. The summed E-state index contributed by atoms with van der Waals surface area (Å²) in [6.07, 6.45) is 4.15. The molecular weight excluding hydrogens is 108 g/mol. The van der Waals surface area contributed by atoms with E-state index in [1.54, 1.807) is 0 Å². The van der Waals surface area contributed by atoms with Crippen LogP contribution in [-0.4, -0.2) is 0 Å². The smallest absolute Gasteiger partial charge is 0.0388 e. The van der Waals surface area contributed by atoms with Crippen LogP contribution < -0.4 is 0 Å². The Hall–Kier alpha value is 0. The van der Waals surface area contributed by atoms with Gasteiger partial charge in [0.25, 0.3) is 0 Å². The summed E-state index contributed by atoms with van der Waals surface area (Å²) in [4.78, 5) is 0. The molecule has 1 aliphatic rings. The van der Waals surface area contributed by atoms with Gasteiger partial charge >= 0.3 is 0 Å². The van der Waals surface area contributed by atoms with E-state index in [9.17, 15) is 0 Å². The van der Waals surface area contributed by atoms with Crippen LogP contribution >= 0.6 is 0 Å². The van der Waals surface area contributed by atoms with Crippen LogP contribution in [-0.2, 0) is 0 Å². The van der Waals surface area contributed by atoms with Crippen molar-refractivity contribution < 1.29 is 0 Å². The van der Waals surface area contributed by atoms with Crippen molar-refractivity contribution >= 4 is 0 Å². The number of hydrogen-bond acceptors (Lipinski definition) is 0. The molecular formula is C9H20. The fourth-order valence-electron chi connectivity index (χ4n) is 0.968. The predicted octanol–water partition coefficient (Wildman–Crippen LogP) is 3.47. The summed E-state index contributed by atoms with van der Waals surface area (Å²) < 4.78 is 0. The Labute approximate surface area is 59.7 Å². The lowest BCUT2D eigenvalue weighted by Crippen LogP contribution is -1.68. The van der Waals surface area contributed by atoms with Crippen molar-refractivity contribution in [3.8, 4) is 0 Å². The van der Waals surface area contributed by atoms with E-state index in [-0.39, 0.29) is 0 Å². The van der Waals surface area contributed by atoms with E-state index in [0.717, 1.165) is 11.8 Å². The summed E-state index contributed by atoms with van der Waals surface area (Å²) in [7, 11) is 0. The van der Waals surface area contributed by atoms with Crippen LogP contribution in [0.25, 0.3) is 0 Å². The van der Waals surface area contributed by atoms with Gasteiger partial charge in [0.2, 0.25) is 0 Å². The van der Waals surface area contributed by atoms with E-state index in [1.807, 2.05) is 0 Å². The third-order valence-electron chi connectivity index (χ3n) is 1.80. The molecule has 0 aromatic carbocycles. The van der Waals surface area contributed by atoms with Crippen LogP contribution in [0.5, 0.6) is 0 Å². The Bertz CT molecular complexity index is 55.1. The van der Waals surface area contributed by atoms with E-state index in [2.05, 4.69) is 27.7 Å². The van der Waals surface area contributed by atoms with Gasteiger partial charge in [-0.2, -0.15) is 0 Å². The minimum Gasteiger partial charge on any atom is -0.0656 e. The maximum Gasteiger partial charge on any atom is -0.0388 e. The highest BCUT2D eigenvalue weighted by molar-refractivity contribution is 4.80. The molecule has 1 aliphatic carbocycles. The summed E-state index contributed by atoms with van der Waals surface area (Å²) in [6, 6.07) is 0. The summed E-state index contributed by atoms with van der Waals surface area (Å²) >= 11 is 0. The molecule has 1 saturated carbocycles. The molecule has 1 fully saturated rings. The second-order valence-electron chi connectivity index (χ2n) is 3.09. The molecule has 0 bridgehead atoms. The fraction of sp³-hybridized carbons (Fsp3) is 1.00. The second-order valence-corrected chi connectivity index (χ2v) is 3.09. The molecule has 0 nitrogen and oxygen atoms in total. The maximum atomic E-state index is 2.33. The standard InChI is InChI=1S/C6H12.C3H8/c1-3-6-4-5(6)2;1-3-2/h5-6H,3-4H2,1-2H3;3H2,1-2H3. The highest BCUT2D eigenvalue weighted by Gasteiger charge is 2.29. The third-order valence-corrected chi connectivity index (χ3v) is 1.80. The molecule has 0 radical (unpaired) electrons. The summed E-state index contributed by atoms with van der Waals surface area (Å²) in [6.45, 7) is 8.85. The van der Waals surface area contributed by atoms with E-state index in [4.69, 9.17) is 0 Å². The van der Waals surface area contributed by atoms with Gasteiger partial charge in [-0.25, -0.2) is 0 Å². The zero-order valence-electron chi connectivity index (χ0n) is 7.28. The minimum absolute atomic E-state index is 1.06. The third kappa shape index (κ3) is 4.50. The molecule has 0 aromatic rings. The average molecular weight is 128 g/mol. The molecule has 2 atom stereocenters. The van der Waals surface area contributed by atoms with E-state index in [1.165, 1.54) is 19.3 Å². The van der Waals surface area contributed by atoms with Crippen LogP contribution in [0.4, 0.5) is 0 Å². The lowest BCUT2D eigenvalue weighted by atomic mass is 10.3. The molecule has 9 heavy (non-hydrogen) atoms. The molecule has 0 N–H and O–H groups in total. The normalized spacial score (nSPS) is 30.7. The van der Waals surface area contributed by atoms with Gasteiger partial charge in [0, 0.05) is 0 Å². The van der Waals surface area contributed by atoms with Crippen molar-refractivity contribution in [1.29, 1.82) is 0 Å². The van der Waals surface area contributed by atoms with Crippen molar-refractivity contribution in [3.05, 3.63) is 0 Å². The summed E-state index contributed by atoms with van der Waals surface area (Å²) in [5, 5.41) is 0. The Kier molecular flexibility index (Phi) is 4.84. The van der Waals surface area contributed by atoms with Crippen molar-refractivity contribution in [3.63, 3.8) is 0 Å². The van der Waals surface area contributed by atoms with Crippen LogP contribution in [0, 0.1) is 11.8 Å². The van der Waals surface area contributed by atoms with Crippen LogP contribution in [0.15, 0.2) is 0 Å². The van der Waals surface area contributed by atoms with Crippen LogP contribution in [0.1, 0.15) is 47.0 Å². The van der Waals surface area contributed by atoms with Crippen molar-refractivity contribution in [2.75, 3.05) is 0 Å². The van der Waals surface area contributed by atoms with Gasteiger partial charge < -0.3 is 0 Å². The zero-order chi connectivity index (χ0) is 7.28. The van der Waals surface area contributed by atoms with E-state index >= 15 is 0 Å². The Morgan fingerprint density at radius 2 is 1.56 bits per heavy atom. The topological polar surface area (TPSA) is 0 Å². The first-order valence-corrected chi connectivity index (χ1v) is 4.26. The Morgan fingerprint density at radius 1 is 1.22 bits per heavy atom. The quantitative estimate of drug-likeness (QED) is 0.507. The first-order chi connectivity index (χ1) is 4.26. The molecule has 0 spiro atoms. The van der Waals surface area contributed by atoms with Gasteiger partial charge in [0.05, 0.1) is 0 Å². The number of hydrogen-bond donors (Lipinski definition) is 0. The van der Waals surface area contributed by atoms with Crippen LogP contribution in [0.3, 0.4) is 0 Å². The SMILES string of the molecule is CCC.CCC1CC1C.